The first-order valence-electron chi connectivity index (χ1n) is 6.76. The van der Waals surface area contributed by atoms with Crippen LogP contribution in [-0.2, 0) is 9.47 Å². The predicted molar refractivity (Wildman–Crippen MR) is 76.8 cm³/mol. The third-order valence-electron chi connectivity index (χ3n) is 2.47. The molecule has 0 unspecified atom stereocenters. The highest BCUT2D eigenvalue weighted by Crippen LogP contribution is 2.00. The molecule has 0 aliphatic rings. The van der Waals surface area contributed by atoms with E-state index in [9.17, 15) is 5.11 Å². The molecule has 0 bridgehead atoms. The van der Waals surface area contributed by atoms with Crippen molar-refractivity contribution < 1.29 is 14.6 Å². The lowest BCUT2D eigenvalue weighted by molar-refractivity contribution is -0.0200. The van der Waals surface area contributed by atoms with Crippen LogP contribution in [0.25, 0.3) is 0 Å². The van der Waals surface area contributed by atoms with Crippen LogP contribution in [0.5, 0.6) is 0 Å². The van der Waals surface area contributed by atoms with Crippen LogP contribution >= 0.6 is 23.2 Å². The summed E-state index contributed by atoms with van der Waals surface area (Å²) in [7, 11) is 0. The number of aliphatic hydroxyl groups excluding tert-OH is 1. The topological polar surface area (TPSA) is 38.7 Å². The average Bonchev–Trinajstić information content (AvgIpc) is 2.38. The maximum atomic E-state index is 9.56. The number of halogens is 2. The molecule has 0 aromatic carbocycles. The van der Waals surface area contributed by atoms with E-state index in [0.29, 0.717) is 38.2 Å². The molecule has 5 heteroatoms. The summed E-state index contributed by atoms with van der Waals surface area (Å²) in [6.07, 6.45) is 5.69. The Labute approximate surface area is 121 Å². The van der Waals surface area contributed by atoms with Crippen molar-refractivity contribution in [2.75, 3.05) is 38.2 Å². The Morgan fingerprint density at radius 1 is 0.722 bits per heavy atom. The van der Waals surface area contributed by atoms with Crippen molar-refractivity contribution >= 4 is 23.2 Å². The van der Waals surface area contributed by atoms with E-state index in [1.54, 1.807) is 0 Å². The Morgan fingerprint density at radius 3 is 1.56 bits per heavy atom. The fraction of sp³-hybridized carbons (Fsp3) is 1.00. The van der Waals surface area contributed by atoms with Gasteiger partial charge in [0.15, 0.2) is 0 Å². The molecule has 0 aliphatic heterocycles. The minimum atomic E-state index is -0.522. The quantitative estimate of drug-likeness (QED) is 0.395. The van der Waals surface area contributed by atoms with Crippen LogP contribution in [-0.4, -0.2) is 49.4 Å². The van der Waals surface area contributed by atoms with Crippen molar-refractivity contribution in [1.82, 2.24) is 0 Å². The molecule has 0 atom stereocenters. The second-order valence-corrected chi connectivity index (χ2v) is 5.06. The molecule has 0 amide bonds. The smallest absolute Gasteiger partial charge is 0.101 e. The van der Waals surface area contributed by atoms with Gasteiger partial charge in [-0.3, -0.25) is 0 Å². The Kier molecular flexibility index (Phi) is 15.9. The summed E-state index contributed by atoms with van der Waals surface area (Å²) >= 11 is 11.1. The Balaban J connectivity index is 3.10. The first-order valence-corrected chi connectivity index (χ1v) is 7.83. The van der Waals surface area contributed by atoms with E-state index in [1.165, 1.54) is 0 Å². The number of hydrogen-bond donors (Lipinski definition) is 1. The van der Waals surface area contributed by atoms with Crippen LogP contribution in [0.4, 0.5) is 0 Å². The molecule has 3 nitrogen and oxygen atoms in total. The summed E-state index contributed by atoms with van der Waals surface area (Å²) in [5.74, 6) is 1.42. The number of aliphatic hydroxyl groups is 1. The zero-order valence-electron chi connectivity index (χ0n) is 11.1. The van der Waals surface area contributed by atoms with Gasteiger partial charge in [-0.1, -0.05) is 0 Å². The largest absolute Gasteiger partial charge is 0.388 e. The van der Waals surface area contributed by atoms with Crippen molar-refractivity contribution in [2.45, 2.75) is 44.6 Å². The zero-order chi connectivity index (χ0) is 13.5. The summed E-state index contributed by atoms with van der Waals surface area (Å²) in [6, 6.07) is 0. The SMILES string of the molecule is OC(COCCCCCCl)COCCCCCCl. The summed E-state index contributed by atoms with van der Waals surface area (Å²) in [4.78, 5) is 0. The Bertz CT molecular complexity index is 143. The third kappa shape index (κ3) is 14.5. The molecular weight excluding hydrogens is 275 g/mol. The zero-order valence-corrected chi connectivity index (χ0v) is 12.6. The fourth-order valence-corrected chi connectivity index (χ4v) is 1.82. The van der Waals surface area contributed by atoms with Gasteiger partial charge >= 0.3 is 0 Å². The molecule has 0 saturated carbocycles. The molecule has 1 N–H and O–H groups in total. The molecular formula is C13H26Cl2O3. The van der Waals surface area contributed by atoms with E-state index < -0.39 is 6.10 Å². The van der Waals surface area contributed by atoms with Crippen LogP contribution in [0, 0.1) is 0 Å². The monoisotopic (exact) mass is 300 g/mol. The van der Waals surface area contributed by atoms with E-state index in [-0.39, 0.29) is 0 Å². The van der Waals surface area contributed by atoms with Gasteiger partial charge in [0.2, 0.25) is 0 Å². The molecule has 0 aromatic rings. The van der Waals surface area contributed by atoms with Crippen LogP contribution in [0.2, 0.25) is 0 Å². The second kappa shape index (κ2) is 15.5. The van der Waals surface area contributed by atoms with E-state index in [1.807, 2.05) is 0 Å². The third-order valence-corrected chi connectivity index (χ3v) is 3.00. The molecule has 0 aromatic heterocycles. The van der Waals surface area contributed by atoms with Gasteiger partial charge in [0.05, 0.1) is 13.2 Å². The molecule has 0 heterocycles. The minimum absolute atomic E-state index is 0.350. The molecule has 0 radical (unpaired) electrons. The standard InChI is InChI=1S/C13H26Cl2O3/c14-7-3-1-5-9-17-11-13(16)12-18-10-6-2-4-8-15/h13,16H,1-12H2. The van der Waals surface area contributed by atoms with Gasteiger partial charge < -0.3 is 14.6 Å². The van der Waals surface area contributed by atoms with E-state index in [4.69, 9.17) is 32.7 Å². The van der Waals surface area contributed by atoms with E-state index in [2.05, 4.69) is 0 Å². The number of unbranched alkanes of at least 4 members (excludes halogenated alkanes) is 4. The van der Waals surface area contributed by atoms with Crippen molar-refractivity contribution in [3.05, 3.63) is 0 Å². The highest BCUT2D eigenvalue weighted by molar-refractivity contribution is 6.18. The van der Waals surface area contributed by atoms with Crippen molar-refractivity contribution in [1.29, 1.82) is 0 Å². The van der Waals surface area contributed by atoms with Gasteiger partial charge in [0.1, 0.15) is 6.10 Å². The lowest BCUT2D eigenvalue weighted by atomic mass is 10.3. The summed E-state index contributed by atoms with van der Waals surface area (Å²) < 4.78 is 10.7. The molecule has 0 aliphatic carbocycles. The normalized spacial score (nSPS) is 11.3. The fourth-order valence-electron chi connectivity index (χ4n) is 1.44. The van der Waals surface area contributed by atoms with Gasteiger partial charge in [-0.05, 0) is 38.5 Å². The molecule has 0 fully saturated rings. The highest BCUT2D eigenvalue weighted by atomic mass is 35.5. The number of hydrogen-bond acceptors (Lipinski definition) is 3. The van der Waals surface area contributed by atoms with Gasteiger partial charge in [0.25, 0.3) is 0 Å². The molecule has 0 spiro atoms. The molecule has 0 saturated heterocycles. The average molecular weight is 301 g/mol. The summed E-state index contributed by atoms with van der Waals surface area (Å²) in [5, 5.41) is 9.56. The lowest BCUT2D eigenvalue weighted by Crippen LogP contribution is -2.22. The van der Waals surface area contributed by atoms with Gasteiger partial charge in [0, 0.05) is 25.0 Å². The first kappa shape index (κ1) is 18.5. The van der Waals surface area contributed by atoms with Crippen molar-refractivity contribution in [2.24, 2.45) is 0 Å². The molecule has 0 rings (SSSR count). The maximum Gasteiger partial charge on any atom is 0.101 e. The van der Waals surface area contributed by atoms with E-state index in [0.717, 1.165) is 38.5 Å². The van der Waals surface area contributed by atoms with Gasteiger partial charge in [-0.25, -0.2) is 0 Å². The van der Waals surface area contributed by atoms with Crippen molar-refractivity contribution in [3.8, 4) is 0 Å². The van der Waals surface area contributed by atoms with Crippen LogP contribution < -0.4 is 0 Å². The highest BCUT2D eigenvalue weighted by Gasteiger charge is 2.04. The number of alkyl halides is 2. The second-order valence-electron chi connectivity index (χ2n) is 4.30. The predicted octanol–water partition coefficient (Wildman–Crippen LogP) is 3.20. The summed E-state index contributed by atoms with van der Waals surface area (Å²) in [6.45, 7) is 2.07. The van der Waals surface area contributed by atoms with E-state index >= 15 is 0 Å². The van der Waals surface area contributed by atoms with Gasteiger partial charge in [-0.2, -0.15) is 0 Å². The Hall–Kier alpha value is 0.460. The lowest BCUT2D eigenvalue weighted by Gasteiger charge is -2.11. The molecule has 18 heavy (non-hydrogen) atoms. The Morgan fingerprint density at radius 2 is 1.17 bits per heavy atom. The van der Waals surface area contributed by atoms with Gasteiger partial charge in [-0.15, -0.1) is 23.2 Å². The number of rotatable bonds is 14. The maximum absolute atomic E-state index is 9.56. The van der Waals surface area contributed by atoms with Crippen LogP contribution in [0.3, 0.4) is 0 Å². The number of ether oxygens (including phenoxy) is 2. The minimum Gasteiger partial charge on any atom is -0.388 e. The summed E-state index contributed by atoms with van der Waals surface area (Å²) in [5.41, 5.74) is 0. The molecule has 110 valence electrons. The van der Waals surface area contributed by atoms with Crippen molar-refractivity contribution in [3.63, 3.8) is 0 Å². The first-order chi connectivity index (χ1) is 8.81. The van der Waals surface area contributed by atoms with Crippen LogP contribution in [0.1, 0.15) is 38.5 Å². The van der Waals surface area contributed by atoms with Crippen LogP contribution in [0.15, 0.2) is 0 Å².